The highest BCUT2D eigenvalue weighted by molar-refractivity contribution is 6.05. The molecule has 0 aliphatic carbocycles. The van der Waals surface area contributed by atoms with Crippen molar-refractivity contribution in [3.05, 3.63) is 87.7 Å². The Bertz CT molecular complexity index is 1280. The summed E-state index contributed by atoms with van der Waals surface area (Å²) in [4.78, 5) is 49.9. The van der Waals surface area contributed by atoms with E-state index in [2.05, 4.69) is 10.7 Å². The lowest BCUT2D eigenvalue weighted by Crippen LogP contribution is -2.28. The highest BCUT2D eigenvalue weighted by atomic mass is 16.6. The van der Waals surface area contributed by atoms with Crippen molar-refractivity contribution in [1.29, 1.82) is 0 Å². The maximum Gasteiger partial charge on any atom is 0.271 e. The van der Waals surface area contributed by atoms with Gasteiger partial charge in [0.15, 0.2) is 0 Å². The van der Waals surface area contributed by atoms with Crippen molar-refractivity contribution >= 4 is 34.8 Å². The topological polar surface area (TPSA) is 127 Å². The maximum absolute atomic E-state index is 12.8. The lowest BCUT2D eigenvalue weighted by atomic mass is 10.1. The zero-order valence-electron chi connectivity index (χ0n) is 18.6. The summed E-state index contributed by atoms with van der Waals surface area (Å²) < 4.78 is 1.68. The molecule has 1 aromatic heterocycles. The van der Waals surface area contributed by atoms with Gasteiger partial charge < -0.3 is 10.2 Å². The number of amides is 3. The van der Waals surface area contributed by atoms with Gasteiger partial charge in [0.25, 0.3) is 11.6 Å². The number of hydrogen-bond donors (Lipinski definition) is 2. The minimum atomic E-state index is -0.630. The van der Waals surface area contributed by atoms with Gasteiger partial charge >= 0.3 is 0 Å². The predicted molar refractivity (Wildman–Crippen MR) is 126 cm³/mol. The molecule has 174 valence electrons. The van der Waals surface area contributed by atoms with Crippen LogP contribution in [0.2, 0.25) is 0 Å². The lowest BCUT2D eigenvalue weighted by molar-refractivity contribution is -0.384. The number of benzene rings is 2. The average Bonchev–Trinajstić information content (AvgIpc) is 3.36. The molecule has 2 N–H and O–H groups in total. The highest BCUT2D eigenvalue weighted by Gasteiger charge is 2.35. The van der Waals surface area contributed by atoms with Crippen molar-refractivity contribution in [2.75, 3.05) is 22.2 Å². The fourth-order valence-corrected chi connectivity index (χ4v) is 3.90. The number of aromatic nitrogens is 1. The monoisotopic (exact) mass is 461 g/mol. The Kier molecular flexibility index (Phi) is 6.13. The van der Waals surface area contributed by atoms with E-state index in [1.54, 1.807) is 35.0 Å². The van der Waals surface area contributed by atoms with Crippen molar-refractivity contribution in [3.63, 3.8) is 0 Å². The van der Waals surface area contributed by atoms with Crippen molar-refractivity contribution in [2.24, 2.45) is 5.92 Å². The normalized spacial score (nSPS) is 15.3. The van der Waals surface area contributed by atoms with Crippen molar-refractivity contribution in [3.8, 4) is 0 Å². The summed E-state index contributed by atoms with van der Waals surface area (Å²) in [6.45, 7) is 3.87. The predicted octanol–water partition coefficient (Wildman–Crippen LogP) is 3.39. The van der Waals surface area contributed by atoms with Crippen LogP contribution in [-0.2, 0) is 9.59 Å². The van der Waals surface area contributed by atoms with Gasteiger partial charge in [-0.15, -0.1) is 0 Å². The average molecular weight is 461 g/mol. The van der Waals surface area contributed by atoms with Gasteiger partial charge in [-0.05, 0) is 50.2 Å². The Balaban J connectivity index is 1.43. The summed E-state index contributed by atoms with van der Waals surface area (Å²) in [5.74, 6) is -1.61. The lowest BCUT2D eigenvalue weighted by Gasteiger charge is -2.16. The van der Waals surface area contributed by atoms with Crippen LogP contribution in [0.5, 0.6) is 0 Å². The molecular weight excluding hydrogens is 438 g/mol. The fourth-order valence-electron chi connectivity index (χ4n) is 3.90. The highest BCUT2D eigenvalue weighted by Crippen LogP contribution is 2.28. The van der Waals surface area contributed by atoms with Gasteiger partial charge in [0, 0.05) is 47.7 Å². The summed E-state index contributed by atoms with van der Waals surface area (Å²) in [6, 6.07) is 16.1. The number of nitrogens with zero attached hydrogens (tertiary/aromatic N) is 3. The third-order valence-corrected chi connectivity index (χ3v) is 5.72. The van der Waals surface area contributed by atoms with Gasteiger partial charge in [0.2, 0.25) is 11.8 Å². The first-order valence-corrected chi connectivity index (χ1v) is 10.6. The standard InChI is InChI=1S/C24H23N5O5/c1-15-9-10-16(2)28(15)26-24(32)17-5-3-6-19(11-17)25-23(31)18-12-22(30)27(14-18)20-7-4-8-21(13-20)29(33)34/h3-11,13,18H,12,14H2,1-2H3,(H,25,31)(H,26,32)/t18-/m0/s1. The number of nitro groups is 1. The van der Waals surface area contributed by atoms with Crippen molar-refractivity contribution < 1.29 is 19.3 Å². The van der Waals surface area contributed by atoms with E-state index < -0.39 is 10.8 Å². The number of aryl methyl sites for hydroxylation is 2. The van der Waals surface area contributed by atoms with E-state index in [0.29, 0.717) is 16.9 Å². The van der Waals surface area contributed by atoms with Crippen LogP contribution < -0.4 is 15.6 Å². The second kappa shape index (κ2) is 9.18. The molecule has 4 rings (SSSR count). The second-order valence-electron chi connectivity index (χ2n) is 8.14. The summed E-state index contributed by atoms with van der Waals surface area (Å²) >= 11 is 0. The number of hydrogen-bond acceptors (Lipinski definition) is 5. The van der Waals surface area contributed by atoms with Crippen LogP contribution in [0.15, 0.2) is 60.7 Å². The molecule has 1 saturated heterocycles. The van der Waals surface area contributed by atoms with E-state index in [1.807, 2.05) is 26.0 Å². The van der Waals surface area contributed by atoms with Gasteiger partial charge in [0.1, 0.15) is 0 Å². The Labute approximate surface area is 195 Å². The van der Waals surface area contributed by atoms with Crippen LogP contribution in [0.1, 0.15) is 28.2 Å². The molecule has 2 aromatic carbocycles. The molecule has 34 heavy (non-hydrogen) atoms. The SMILES string of the molecule is Cc1ccc(C)n1NC(=O)c1cccc(NC(=O)[C@H]2CC(=O)N(c3cccc([N+](=O)[O-])c3)C2)c1. The summed E-state index contributed by atoms with van der Waals surface area (Å²) in [7, 11) is 0. The molecule has 3 amide bonds. The molecule has 3 aromatic rings. The molecule has 0 unspecified atom stereocenters. The third-order valence-electron chi connectivity index (χ3n) is 5.72. The van der Waals surface area contributed by atoms with Gasteiger partial charge in [-0.3, -0.25) is 34.6 Å². The van der Waals surface area contributed by atoms with E-state index >= 15 is 0 Å². The molecule has 1 aliphatic heterocycles. The molecule has 1 atom stereocenters. The number of nitrogens with one attached hydrogen (secondary N) is 2. The van der Waals surface area contributed by atoms with Crippen LogP contribution >= 0.6 is 0 Å². The number of rotatable bonds is 6. The minimum Gasteiger partial charge on any atom is -0.326 e. The molecule has 1 aliphatic rings. The first-order valence-electron chi connectivity index (χ1n) is 10.6. The van der Waals surface area contributed by atoms with Crippen LogP contribution in [-0.4, -0.2) is 33.9 Å². The van der Waals surface area contributed by atoms with Gasteiger partial charge in [-0.25, -0.2) is 0 Å². The van der Waals surface area contributed by atoms with Crippen molar-refractivity contribution in [1.82, 2.24) is 4.68 Å². The minimum absolute atomic E-state index is 0.0130. The van der Waals surface area contributed by atoms with Gasteiger partial charge in [0.05, 0.1) is 16.5 Å². The van der Waals surface area contributed by atoms with Crippen LogP contribution in [0.4, 0.5) is 17.1 Å². The first kappa shape index (κ1) is 22.7. The van der Waals surface area contributed by atoms with E-state index in [1.165, 1.54) is 23.1 Å². The smallest absolute Gasteiger partial charge is 0.271 e. The van der Waals surface area contributed by atoms with Crippen molar-refractivity contribution in [2.45, 2.75) is 20.3 Å². The molecule has 0 spiro atoms. The number of nitro benzene ring substituents is 1. The summed E-state index contributed by atoms with van der Waals surface area (Å²) in [5, 5.41) is 13.8. The Morgan fingerprint density at radius 1 is 1.03 bits per heavy atom. The first-order chi connectivity index (χ1) is 16.2. The van der Waals surface area contributed by atoms with Crippen LogP contribution in [0, 0.1) is 29.9 Å². The van der Waals surface area contributed by atoms with Crippen LogP contribution in [0.25, 0.3) is 0 Å². The number of anilines is 2. The molecule has 10 heteroatoms. The molecule has 0 bridgehead atoms. The number of carbonyl (C=O) groups excluding carboxylic acids is 3. The zero-order valence-corrected chi connectivity index (χ0v) is 18.6. The zero-order chi connectivity index (χ0) is 24.4. The van der Waals surface area contributed by atoms with E-state index in [9.17, 15) is 24.5 Å². The molecule has 0 radical (unpaired) electrons. The molecule has 2 heterocycles. The molecule has 0 saturated carbocycles. The van der Waals surface area contributed by atoms with E-state index in [0.717, 1.165) is 11.4 Å². The van der Waals surface area contributed by atoms with Gasteiger partial charge in [-0.1, -0.05) is 12.1 Å². The number of carbonyl (C=O) groups is 3. The summed E-state index contributed by atoms with van der Waals surface area (Å²) in [5.41, 5.74) is 5.64. The summed E-state index contributed by atoms with van der Waals surface area (Å²) in [6.07, 6.45) is -0.0130. The fraction of sp³-hybridized carbons (Fsp3) is 0.208. The van der Waals surface area contributed by atoms with E-state index in [-0.39, 0.29) is 36.4 Å². The van der Waals surface area contributed by atoms with Crippen LogP contribution in [0.3, 0.4) is 0 Å². The molecule has 10 nitrogen and oxygen atoms in total. The quantitative estimate of drug-likeness (QED) is 0.430. The molecular formula is C24H23N5O5. The third kappa shape index (κ3) is 4.65. The Morgan fingerprint density at radius 2 is 1.74 bits per heavy atom. The maximum atomic E-state index is 12.8. The number of non-ortho nitro benzene ring substituents is 1. The van der Waals surface area contributed by atoms with Gasteiger partial charge in [-0.2, -0.15) is 0 Å². The Hall–Kier alpha value is -4.47. The second-order valence-corrected chi connectivity index (χ2v) is 8.14. The Morgan fingerprint density at radius 3 is 2.44 bits per heavy atom. The van der Waals surface area contributed by atoms with E-state index in [4.69, 9.17) is 0 Å². The largest absolute Gasteiger partial charge is 0.326 e. The molecule has 1 fully saturated rings.